The Morgan fingerprint density at radius 3 is 2.36 bits per heavy atom. The fourth-order valence-electron chi connectivity index (χ4n) is 2.80. The molecule has 1 aliphatic rings. The molecular formula is C16H21F3N2O3S. The molecule has 1 atom stereocenters. The highest BCUT2D eigenvalue weighted by Crippen LogP contribution is 2.29. The Hall–Kier alpha value is -1.61. The average Bonchev–Trinajstić information content (AvgIpc) is 2.89. The molecule has 1 heterocycles. The largest absolute Gasteiger partial charge is 0.403 e. The van der Waals surface area contributed by atoms with E-state index >= 15 is 0 Å². The van der Waals surface area contributed by atoms with Crippen molar-refractivity contribution < 1.29 is 26.4 Å². The van der Waals surface area contributed by atoms with Crippen LogP contribution >= 0.6 is 0 Å². The number of nitrogens with two attached hydrogens (primary N) is 1. The minimum absolute atomic E-state index is 0.0697. The van der Waals surface area contributed by atoms with Crippen LogP contribution in [0.2, 0.25) is 0 Å². The number of nitrogens with zero attached hydrogens (tertiary/aromatic N) is 1. The van der Waals surface area contributed by atoms with E-state index in [0.29, 0.717) is 25.2 Å². The first-order chi connectivity index (χ1) is 11.4. The van der Waals surface area contributed by atoms with Crippen LogP contribution in [-0.2, 0) is 21.1 Å². The van der Waals surface area contributed by atoms with Gasteiger partial charge in [0.1, 0.15) is 0 Å². The predicted octanol–water partition coefficient (Wildman–Crippen LogP) is 1.76. The van der Waals surface area contributed by atoms with Crippen LogP contribution in [0.15, 0.2) is 29.2 Å². The lowest BCUT2D eigenvalue weighted by atomic mass is 9.90. The highest BCUT2D eigenvalue weighted by Gasteiger charge is 2.36. The van der Waals surface area contributed by atoms with Crippen molar-refractivity contribution >= 4 is 15.7 Å². The molecule has 0 aliphatic carbocycles. The molecular weight excluding hydrogens is 357 g/mol. The number of sulfone groups is 1. The van der Waals surface area contributed by atoms with Gasteiger partial charge in [-0.2, -0.15) is 13.2 Å². The Bertz CT molecular complexity index is 732. The number of hydrogen-bond acceptors (Lipinski definition) is 4. The monoisotopic (exact) mass is 378 g/mol. The summed E-state index contributed by atoms with van der Waals surface area (Å²) >= 11 is 0. The number of carbonyl (C=O) groups excluding carboxylic acids is 1. The molecule has 0 aromatic heterocycles. The Labute approximate surface area is 144 Å². The van der Waals surface area contributed by atoms with Gasteiger partial charge < -0.3 is 10.6 Å². The van der Waals surface area contributed by atoms with Crippen molar-refractivity contribution in [2.45, 2.75) is 30.8 Å². The summed E-state index contributed by atoms with van der Waals surface area (Å²) in [7, 11) is -4.43. The minimum Gasteiger partial charge on any atom is -0.342 e. The van der Waals surface area contributed by atoms with Crippen LogP contribution in [0.5, 0.6) is 0 Å². The van der Waals surface area contributed by atoms with E-state index < -0.39 is 26.7 Å². The molecule has 25 heavy (non-hydrogen) atoms. The van der Waals surface area contributed by atoms with Gasteiger partial charge in [-0.05, 0) is 36.1 Å². The highest BCUT2D eigenvalue weighted by atomic mass is 32.2. The summed E-state index contributed by atoms with van der Waals surface area (Å²) in [6, 6.07) is 4.97. The van der Waals surface area contributed by atoms with Crippen LogP contribution in [0.4, 0.5) is 13.2 Å². The van der Waals surface area contributed by atoms with E-state index in [4.69, 9.17) is 5.73 Å². The Kier molecular flexibility index (Phi) is 5.48. The zero-order valence-electron chi connectivity index (χ0n) is 13.8. The topological polar surface area (TPSA) is 80.5 Å². The van der Waals surface area contributed by atoms with Crippen molar-refractivity contribution in [2.24, 2.45) is 11.1 Å². The van der Waals surface area contributed by atoms with E-state index in [9.17, 15) is 26.4 Å². The molecule has 1 fully saturated rings. The smallest absolute Gasteiger partial charge is 0.342 e. The van der Waals surface area contributed by atoms with Gasteiger partial charge in [-0.1, -0.05) is 19.1 Å². The predicted molar refractivity (Wildman–Crippen MR) is 86.6 cm³/mol. The van der Waals surface area contributed by atoms with Crippen LogP contribution in [0.25, 0.3) is 0 Å². The zero-order valence-corrected chi connectivity index (χ0v) is 14.7. The SMILES string of the molecule is CC1(CN)CCN(C(=O)Cc2ccc(S(=O)(=O)CC(F)(F)F)cc2)C1. The molecule has 1 unspecified atom stereocenters. The molecule has 0 bridgehead atoms. The van der Waals surface area contributed by atoms with Gasteiger partial charge in [0, 0.05) is 13.1 Å². The third kappa shape index (κ3) is 5.18. The van der Waals surface area contributed by atoms with Gasteiger partial charge in [-0.15, -0.1) is 0 Å². The standard InChI is InChI=1S/C16H21F3N2O3S/c1-15(9-20)6-7-21(10-15)14(22)8-12-2-4-13(5-3-12)25(23,24)11-16(17,18)19/h2-5H,6-11,20H2,1H3. The van der Waals surface area contributed by atoms with Gasteiger partial charge in [0.2, 0.25) is 5.91 Å². The second-order valence-corrected chi connectivity index (χ2v) is 8.76. The van der Waals surface area contributed by atoms with Gasteiger partial charge >= 0.3 is 6.18 Å². The fourth-order valence-corrected chi connectivity index (χ4v) is 3.95. The average molecular weight is 378 g/mol. The number of alkyl halides is 3. The van der Waals surface area contributed by atoms with E-state index in [-0.39, 0.29) is 17.7 Å². The number of rotatable bonds is 5. The van der Waals surface area contributed by atoms with E-state index in [0.717, 1.165) is 18.6 Å². The van der Waals surface area contributed by atoms with Gasteiger partial charge in [-0.25, -0.2) is 8.42 Å². The number of benzene rings is 1. The molecule has 1 aliphatic heterocycles. The molecule has 0 spiro atoms. The van der Waals surface area contributed by atoms with E-state index in [2.05, 4.69) is 0 Å². The van der Waals surface area contributed by atoms with Gasteiger partial charge in [0.25, 0.3) is 0 Å². The number of likely N-dealkylation sites (tertiary alicyclic amines) is 1. The summed E-state index contributed by atoms with van der Waals surface area (Å²) in [5.41, 5.74) is 6.17. The lowest BCUT2D eigenvalue weighted by Gasteiger charge is -2.22. The Morgan fingerprint density at radius 1 is 1.28 bits per heavy atom. The Morgan fingerprint density at radius 2 is 1.88 bits per heavy atom. The van der Waals surface area contributed by atoms with E-state index in [1.54, 1.807) is 4.90 Å². The third-order valence-corrected chi connectivity index (χ3v) is 6.09. The summed E-state index contributed by atoms with van der Waals surface area (Å²) in [5, 5.41) is 0. The summed E-state index contributed by atoms with van der Waals surface area (Å²) in [6.45, 7) is 3.69. The first kappa shape index (κ1) is 19.7. The lowest BCUT2D eigenvalue weighted by Crippen LogP contribution is -2.35. The van der Waals surface area contributed by atoms with Gasteiger partial charge in [-0.3, -0.25) is 4.79 Å². The first-order valence-corrected chi connectivity index (χ1v) is 9.46. The van der Waals surface area contributed by atoms with Crippen molar-refractivity contribution in [3.63, 3.8) is 0 Å². The third-order valence-electron chi connectivity index (χ3n) is 4.39. The van der Waals surface area contributed by atoms with Crippen molar-refractivity contribution in [1.29, 1.82) is 0 Å². The van der Waals surface area contributed by atoms with Crippen molar-refractivity contribution in [3.05, 3.63) is 29.8 Å². The van der Waals surface area contributed by atoms with Crippen LogP contribution in [-0.4, -0.2) is 50.8 Å². The molecule has 0 saturated carbocycles. The lowest BCUT2D eigenvalue weighted by molar-refractivity contribution is -0.129. The van der Waals surface area contributed by atoms with Crippen molar-refractivity contribution in [2.75, 3.05) is 25.4 Å². The second kappa shape index (κ2) is 6.95. The maximum atomic E-state index is 12.3. The summed E-state index contributed by atoms with van der Waals surface area (Å²) in [4.78, 5) is 13.6. The van der Waals surface area contributed by atoms with Crippen LogP contribution in [0, 0.1) is 5.41 Å². The van der Waals surface area contributed by atoms with Crippen molar-refractivity contribution in [3.8, 4) is 0 Å². The fraction of sp³-hybridized carbons (Fsp3) is 0.562. The minimum atomic E-state index is -4.79. The molecule has 5 nitrogen and oxygen atoms in total. The molecule has 2 rings (SSSR count). The molecule has 0 radical (unpaired) electrons. The summed E-state index contributed by atoms with van der Waals surface area (Å²) < 4.78 is 60.3. The quantitative estimate of drug-likeness (QED) is 0.847. The van der Waals surface area contributed by atoms with Crippen LogP contribution < -0.4 is 5.73 Å². The number of hydrogen-bond donors (Lipinski definition) is 1. The van der Waals surface area contributed by atoms with Crippen LogP contribution in [0.3, 0.4) is 0 Å². The molecule has 1 amide bonds. The summed E-state index contributed by atoms with van der Waals surface area (Å²) in [5.74, 6) is -2.01. The van der Waals surface area contributed by atoms with E-state index in [1.807, 2.05) is 6.92 Å². The molecule has 1 aromatic carbocycles. The maximum Gasteiger partial charge on any atom is 0.403 e. The van der Waals surface area contributed by atoms with Crippen LogP contribution in [0.1, 0.15) is 18.9 Å². The number of carbonyl (C=O) groups is 1. The molecule has 9 heteroatoms. The second-order valence-electron chi connectivity index (χ2n) is 6.78. The van der Waals surface area contributed by atoms with Gasteiger partial charge in [0.15, 0.2) is 15.6 Å². The molecule has 140 valence electrons. The number of amides is 1. The van der Waals surface area contributed by atoms with Crippen molar-refractivity contribution in [1.82, 2.24) is 4.90 Å². The molecule has 1 aromatic rings. The normalized spacial score (nSPS) is 21.6. The number of halogens is 3. The van der Waals surface area contributed by atoms with E-state index in [1.165, 1.54) is 12.1 Å². The molecule has 1 saturated heterocycles. The zero-order chi connectivity index (χ0) is 18.9. The molecule has 2 N–H and O–H groups in total. The first-order valence-electron chi connectivity index (χ1n) is 7.80. The Balaban J connectivity index is 2.02. The maximum absolute atomic E-state index is 12.3. The summed E-state index contributed by atoms with van der Waals surface area (Å²) in [6.07, 6.45) is -3.90. The van der Waals surface area contributed by atoms with Gasteiger partial charge in [0.05, 0.1) is 11.3 Å². The highest BCUT2D eigenvalue weighted by molar-refractivity contribution is 7.91.